The van der Waals surface area contributed by atoms with Gasteiger partial charge in [0.15, 0.2) is 0 Å². The van der Waals surface area contributed by atoms with Gasteiger partial charge in [-0.1, -0.05) is 49.2 Å². The Morgan fingerprint density at radius 2 is 1.85 bits per heavy atom. The van der Waals surface area contributed by atoms with Crippen molar-refractivity contribution in [3.63, 3.8) is 0 Å². The van der Waals surface area contributed by atoms with E-state index in [1.807, 2.05) is 17.0 Å². The predicted molar refractivity (Wildman–Crippen MR) is 131 cm³/mol. The van der Waals surface area contributed by atoms with E-state index in [0.29, 0.717) is 40.9 Å². The first-order valence-corrected chi connectivity index (χ1v) is 13.0. The van der Waals surface area contributed by atoms with Crippen molar-refractivity contribution < 1.29 is 9.59 Å². The molecule has 0 aromatic heterocycles. The lowest BCUT2D eigenvalue weighted by Gasteiger charge is -2.57. The third-order valence-corrected chi connectivity index (χ3v) is 8.97. The first-order chi connectivity index (χ1) is 15.8. The highest BCUT2D eigenvalue weighted by atomic mass is 35.5. The summed E-state index contributed by atoms with van der Waals surface area (Å²) in [6.45, 7) is 10.3. The summed E-state index contributed by atoms with van der Waals surface area (Å²) >= 11 is 6.22. The van der Waals surface area contributed by atoms with Crippen LogP contribution in [0.3, 0.4) is 0 Å². The molecular weight excluding hydrogens is 434 g/mol. The second-order valence-corrected chi connectivity index (χ2v) is 11.4. The third kappa shape index (κ3) is 4.59. The molecule has 1 aliphatic heterocycles. The second kappa shape index (κ2) is 9.07. The zero-order chi connectivity index (χ0) is 23.2. The van der Waals surface area contributed by atoms with Gasteiger partial charge in [-0.15, -0.1) is 0 Å². The smallest absolute Gasteiger partial charge is 0.255 e. The van der Waals surface area contributed by atoms with Crippen molar-refractivity contribution >= 4 is 23.4 Å². The van der Waals surface area contributed by atoms with E-state index in [1.54, 1.807) is 12.1 Å². The molecule has 4 aliphatic carbocycles. The first kappa shape index (κ1) is 22.9. The molecule has 178 valence electrons. The van der Waals surface area contributed by atoms with Crippen molar-refractivity contribution in [2.24, 2.45) is 23.2 Å². The molecule has 5 nitrogen and oxygen atoms in total. The number of carbonyl (C=O) groups excluding carboxylic acids is 2. The van der Waals surface area contributed by atoms with Gasteiger partial charge in [0.1, 0.15) is 0 Å². The second-order valence-electron chi connectivity index (χ2n) is 11.0. The summed E-state index contributed by atoms with van der Waals surface area (Å²) in [6, 6.07) is 7.26. The number of halogens is 1. The lowest BCUT2D eigenvalue weighted by molar-refractivity contribution is -0.132. The van der Waals surface area contributed by atoms with Gasteiger partial charge in [-0.2, -0.15) is 0 Å². The number of piperazine rings is 1. The Balaban J connectivity index is 1.15. The summed E-state index contributed by atoms with van der Waals surface area (Å²) in [4.78, 5) is 32.3. The monoisotopic (exact) mass is 469 g/mol. The molecule has 0 spiro atoms. The van der Waals surface area contributed by atoms with Crippen LogP contribution in [0.2, 0.25) is 5.02 Å². The van der Waals surface area contributed by atoms with Crippen LogP contribution in [-0.4, -0.2) is 72.3 Å². The number of carbonyl (C=O) groups is 2. The Bertz CT molecular complexity index is 946. The van der Waals surface area contributed by atoms with Crippen molar-refractivity contribution in [2.45, 2.75) is 39.5 Å². The Morgan fingerprint density at radius 1 is 1.12 bits per heavy atom. The number of nitrogens with zero attached hydrogens (tertiary/aromatic N) is 3. The van der Waals surface area contributed by atoms with Crippen LogP contribution in [-0.2, 0) is 4.79 Å². The molecule has 2 amide bonds. The molecule has 1 heterocycles. The molecular formula is C27H36ClN3O2. The van der Waals surface area contributed by atoms with Crippen molar-refractivity contribution in [1.82, 2.24) is 14.7 Å². The van der Waals surface area contributed by atoms with Gasteiger partial charge in [0.2, 0.25) is 5.91 Å². The summed E-state index contributed by atoms with van der Waals surface area (Å²) in [7, 11) is 0. The SMILES string of the molecule is CC1(C)C2CC=C(CN(CCN3CCN(C(=O)c4ccccc4Cl)CC3)C(=O)C3CC3)C1C2. The minimum atomic E-state index is 0.0106. The maximum Gasteiger partial charge on any atom is 0.255 e. The lowest BCUT2D eigenvalue weighted by Crippen LogP contribution is -2.52. The molecule has 0 radical (unpaired) electrons. The van der Waals surface area contributed by atoms with E-state index in [-0.39, 0.29) is 11.8 Å². The average molecular weight is 470 g/mol. The van der Waals surface area contributed by atoms with Gasteiger partial charge in [-0.05, 0) is 55.1 Å². The molecule has 3 fully saturated rings. The highest BCUT2D eigenvalue weighted by Crippen LogP contribution is 2.59. The van der Waals surface area contributed by atoms with E-state index >= 15 is 0 Å². The molecule has 2 saturated carbocycles. The van der Waals surface area contributed by atoms with Gasteiger partial charge in [0, 0.05) is 51.7 Å². The maximum atomic E-state index is 13.1. The highest BCUT2D eigenvalue weighted by molar-refractivity contribution is 6.33. The van der Waals surface area contributed by atoms with Gasteiger partial charge in [-0.25, -0.2) is 0 Å². The van der Waals surface area contributed by atoms with Crippen LogP contribution in [0.1, 0.15) is 49.9 Å². The fourth-order valence-corrected chi connectivity index (χ4v) is 6.19. The van der Waals surface area contributed by atoms with Crippen LogP contribution >= 0.6 is 11.6 Å². The predicted octanol–water partition coefficient (Wildman–Crippen LogP) is 4.33. The van der Waals surface area contributed by atoms with Crippen molar-refractivity contribution in [1.29, 1.82) is 0 Å². The van der Waals surface area contributed by atoms with E-state index in [0.717, 1.165) is 51.5 Å². The molecule has 1 aromatic carbocycles. The van der Waals surface area contributed by atoms with Crippen molar-refractivity contribution in [2.75, 3.05) is 45.8 Å². The van der Waals surface area contributed by atoms with Crippen LogP contribution in [0.15, 0.2) is 35.9 Å². The van der Waals surface area contributed by atoms with Gasteiger partial charge < -0.3 is 9.80 Å². The standard InChI is InChI=1S/C27H36ClN3O2/c1-27(2)21-10-9-20(23(27)17-21)18-31(25(32)19-7-8-19)16-13-29-11-14-30(15-12-29)26(33)22-5-3-4-6-24(22)28/h3-6,9,19,21,23H,7-8,10-18H2,1-2H3. The van der Waals surface area contributed by atoms with E-state index in [4.69, 9.17) is 11.6 Å². The number of rotatable bonds is 7. The van der Waals surface area contributed by atoms with Crippen LogP contribution in [0.5, 0.6) is 0 Å². The van der Waals surface area contributed by atoms with E-state index < -0.39 is 0 Å². The topological polar surface area (TPSA) is 43.9 Å². The summed E-state index contributed by atoms with van der Waals surface area (Å²) in [5.41, 5.74) is 2.46. The largest absolute Gasteiger partial charge is 0.337 e. The number of amides is 2. The van der Waals surface area contributed by atoms with Crippen LogP contribution in [0.25, 0.3) is 0 Å². The molecule has 2 atom stereocenters. The van der Waals surface area contributed by atoms with Crippen molar-refractivity contribution in [3.05, 3.63) is 46.5 Å². The Labute approximate surface area is 202 Å². The molecule has 1 aromatic rings. The van der Waals surface area contributed by atoms with E-state index in [2.05, 4.69) is 29.7 Å². The minimum Gasteiger partial charge on any atom is -0.337 e. The summed E-state index contributed by atoms with van der Waals surface area (Å²) < 4.78 is 0. The van der Waals surface area contributed by atoms with Gasteiger partial charge in [0.25, 0.3) is 5.91 Å². The van der Waals surface area contributed by atoms with Crippen LogP contribution < -0.4 is 0 Å². The minimum absolute atomic E-state index is 0.0106. The lowest BCUT2D eigenvalue weighted by atomic mass is 9.49. The zero-order valence-electron chi connectivity index (χ0n) is 19.9. The van der Waals surface area contributed by atoms with Gasteiger partial charge >= 0.3 is 0 Å². The number of hydrogen-bond acceptors (Lipinski definition) is 3. The summed E-state index contributed by atoms with van der Waals surface area (Å²) in [6.07, 6.45) is 7.00. The number of fused-ring (bicyclic) bond motifs is 1. The molecule has 0 N–H and O–H groups in total. The van der Waals surface area contributed by atoms with Gasteiger partial charge in [0.05, 0.1) is 10.6 Å². The Hall–Kier alpha value is -1.85. The normalized spacial score (nSPS) is 26.4. The summed E-state index contributed by atoms with van der Waals surface area (Å²) in [5.74, 6) is 2.08. The maximum absolute atomic E-state index is 13.1. The van der Waals surface area contributed by atoms with Crippen LogP contribution in [0, 0.1) is 23.2 Å². The van der Waals surface area contributed by atoms with E-state index in [1.165, 1.54) is 18.4 Å². The van der Waals surface area contributed by atoms with Crippen molar-refractivity contribution in [3.8, 4) is 0 Å². The fraction of sp³-hybridized carbons (Fsp3) is 0.630. The number of allylic oxidation sites excluding steroid dienone is 1. The molecule has 6 heteroatoms. The molecule has 33 heavy (non-hydrogen) atoms. The average Bonchev–Trinajstić information content (AvgIpc) is 3.67. The first-order valence-electron chi connectivity index (χ1n) is 12.6. The fourth-order valence-electron chi connectivity index (χ4n) is 5.97. The molecule has 5 aliphatic rings. The molecule has 2 bridgehead atoms. The van der Waals surface area contributed by atoms with Gasteiger partial charge in [-0.3, -0.25) is 14.5 Å². The quantitative estimate of drug-likeness (QED) is 0.558. The highest BCUT2D eigenvalue weighted by Gasteiger charge is 2.51. The Morgan fingerprint density at radius 3 is 2.48 bits per heavy atom. The van der Waals surface area contributed by atoms with E-state index in [9.17, 15) is 9.59 Å². The summed E-state index contributed by atoms with van der Waals surface area (Å²) in [5, 5.41) is 0.511. The van der Waals surface area contributed by atoms with Crippen LogP contribution in [0.4, 0.5) is 0 Å². The number of benzene rings is 1. The third-order valence-electron chi connectivity index (χ3n) is 8.64. The molecule has 2 unspecified atom stereocenters. The molecule has 6 rings (SSSR count). The zero-order valence-corrected chi connectivity index (χ0v) is 20.7. The Kier molecular flexibility index (Phi) is 6.30. The number of hydrogen-bond donors (Lipinski definition) is 0. The molecule has 1 saturated heterocycles.